The summed E-state index contributed by atoms with van der Waals surface area (Å²) in [6.07, 6.45) is 3.06. The van der Waals surface area contributed by atoms with Crippen molar-refractivity contribution in [3.63, 3.8) is 0 Å². The fourth-order valence-electron chi connectivity index (χ4n) is 5.02. The average Bonchev–Trinajstić information content (AvgIpc) is 2.93. The summed E-state index contributed by atoms with van der Waals surface area (Å²) < 4.78 is 19.0. The smallest absolute Gasteiger partial charge is 0.257 e. The molecule has 0 aromatic heterocycles. The van der Waals surface area contributed by atoms with E-state index in [1.54, 1.807) is 12.1 Å². The van der Waals surface area contributed by atoms with Crippen molar-refractivity contribution < 1.29 is 13.9 Å². The van der Waals surface area contributed by atoms with Crippen LogP contribution in [0.5, 0.6) is 0 Å². The average molecular weight is 289 g/mol. The lowest BCUT2D eigenvalue weighted by molar-refractivity contribution is -0.149. The molecule has 3 aliphatic rings. The molecule has 2 aliphatic carbocycles. The Kier molecular flexibility index (Phi) is 2.44. The van der Waals surface area contributed by atoms with Gasteiger partial charge >= 0.3 is 0 Å². The largest absolute Gasteiger partial charge is 0.364 e. The van der Waals surface area contributed by atoms with Crippen LogP contribution in [0.3, 0.4) is 0 Å². The number of amides is 1. The Balaban J connectivity index is 1.65. The van der Waals surface area contributed by atoms with E-state index in [1.807, 2.05) is 0 Å². The summed E-state index contributed by atoms with van der Waals surface area (Å²) in [5.74, 6) is 0.209. The van der Waals surface area contributed by atoms with Crippen LogP contribution in [-0.2, 0) is 9.53 Å². The van der Waals surface area contributed by atoms with Crippen molar-refractivity contribution in [3.05, 3.63) is 30.1 Å². The minimum atomic E-state index is -0.709. The van der Waals surface area contributed by atoms with Crippen LogP contribution in [0.15, 0.2) is 24.3 Å². The highest BCUT2D eigenvalue weighted by atomic mass is 19.1. The number of ether oxygens (including phenoxy) is 1. The number of benzene rings is 1. The van der Waals surface area contributed by atoms with Gasteiger partial charge in [-0.25, -0.2) is 4.39 Å². The van der Waals surface area contributed by atoms with Gasteiger partial charge in [-0.2, -0.15) is 0 Å². The van der Waals surface area contributed by atoms with Crippen molar-refractivity contribution in [2.45, 2.75) is 38.7 Å². The number of anilines is 1. The Morgan fingerprint density at radius 1 is 1.33 bits per heavy atom. The van der Waals surface area contributed by atoms with E-state index in [-0.39, 0.29) is 22.6 Å². The van der Waals surface area contributed by atoms with Crippen LogP contribution in [0.1, 0.15) is 33.1 Å². The van der Waals surface area contributed by atoms with Gasteiger partial charge in [-0.05, 0) is 49.4 Å². The van der Waals surface area contributed by atoms with Crippen LogP contribution < -0.4 is 5.32 Å². The molecule has 4 bridgehead atoms. The summed E-state index contributed by atoms with van der Waals surface area (Å²) in [7, 11) is 0. The third-order valence-corrected chi connectivity index (χ3v) is 6.67. The lowest BCUT2D eigenvalue weighted by atomic mass is 9.66. The quantitative estimate of drug-likeness (QED) is 0.906. The topological polar surface area (TPSA) is 38.3 Å². The Hall–Kier alpha value is -1.42. The van der Waals surface area contributed by atoms with Gasteiger partial charge in [0.25, 0.3) is 5.91 Å². The Morgan fingerprint density at radius 2 is 2.05 bits per heavy atom. The second kappa shape index (κ2) is 3.86. The highest BCUT2D eigenvalue weighted by molar-refractivity contribution is 5.99. The molecule has 1 heterocycles. The van der Waals surface area contributed by atoms with Crippen molar-refractivity contribution in [1.29, 1.82) is 0 Å². The molecule has 1 N–H and O–H groups in total. The summed E-state index contributed by atoms with van der Waals surface area (Å²) in [6.45, 7) is 5.15. The van der Waals surface area contributed by atoms with Crippen LogP contribution in [0, 0.1) is 22.6 Å². The van der Waals surface area contributed by atoms with E-state index in [0.717, 1.165) is 12.8 Å². The molecule has 4 atom stereocenters. The number of carbonyl (C=O) groups is 1. The van der Waals surface area contributed by atoms with Gasteiger partial charge < -0.3 is 10.1 Å². The number of hydrogen-bond acceptors (Lipinski definition) is 2. The predicted molar refractivity (Wildman–Crippen MR) is 77.3 cm³/mol. The third-order valence-electron chi connectivity index (χ3n) is 6.67. The van der Waals surface area contributed by atoms with E-state index < -0.39 is 5.60 Å². The zero-order valence-electron chi connectivity index (χ0n) is 12.4. The summed E-state index contributed by atoms with van der Waals surface area (Å²) >= 11 is 0. The lowest BCUT2D eigenvalue weighted by Crippen LogP contribution is -2.52. The number of nitrogens with one attached hydrogen (secondary N) is 1. The first kappa shape index (κ1) is 13.3. The second-order valence-corrected chi connectivity index (χ2v) is 7.27. The van der Waals surface area contributed by atoms with Crippen molar-refractivity contribution in [2.24, 2.45) is 16.7 Å². The van der Waals surface area contributed by atoms with Gasteiger partial charge in [0.15, 0.2) is 5.60 Å². The maximum Gasteiger partial charge on any atom is 0.257 e. The van der Waals surface area contributed by atoms with Gasteiger partial charge in [0.1, 0.15) is 5.82 Å². The van der Waals surface area contributed by atoms with Crippen molar-refractivity contribution >= 4 is 11.6 Å². The molecule has 1 amide bonds. The number of hydrogen-bond donors (Lipinski definition) is 1. The van der Waals surface area contributed by atoms with Gasteiger partial charge in [-0.15, -0.1) is 0 Å². The molecule has 4 heteroatoms. The van der Waals surface area contributed by atoms with Crippen LogP contribution >= 0.6 is 0 Å². The molecule has 2 saturated carbocycles. The highest BCUT2D eigenvalue weighted by Gasteiger charge is 2.78. The third kappa shape index (κ3) is 1.39. The minimum Gasteiger partial charge on any atom is -0.364 e. The fourth-order valence-corrected chi connectivity index (χ4v) is 5.02. The molecule has 0 radical (unpaired) electrons. The summed E-state index contributed by atoms with van der Waals surface area (Å²) in [6, 6.07) is 5.89. The molecular formula is C17H20FNO2. The van der Waals surface area contributed by atoms with Crippen LogP contribution in [0.4, 0.5) is 10.1 Å². The zero-order chi connectivity index (χ0) is 14.9. The minimum absolute atomic E-state index is 0.0671. The normalized spacial score (nSPS) is 43.3. The highest BCUT2D eigenvalue weighted by Crippen LogP contribution is 2.75. The fraction of sp³-hybridized carbons (Fsp3) is 0.588. The lowest BCUT2D eigenvalue weighted by Gasteiger charge is -2.39. The first-order valence-corrected chi connectivity index (χ1v) is 7.62. The maximum absolute atomic E-state index is 13.0. The first-order valence-electron chi connectivity index (χ1n) is 7.62. The summed E-state index contributed by atoms with van der Waals surface area (Å²) in [4.78, 5) is 12.9. The van der Waals surface area contributed by atoms with E-state index in [4.69, 9.17) is 4.74 Å². The monoisotopic (exact) mass is 289 g/mol. The molecule has 1 aromatic rings. The molecule has 4 rings (SSSR count). The Bertz CT molecular complexity index is 616. The summed E-state index contributed by atoms with van der Waals surface area (Å²) in [5.41, 5.74) is -0.0552. The van der Waals surface area contributed by atoms with Crippen LogP contribution in [0.25, 0.3) is 0 Å². The van der Waals surface area contributed by atoms with E-state index in [0.29, 0.717) is 18.2 Å². The Labute approximate surface area is 123 Å². The van der Waals surface area contributed by atoms with Crippen molar-refractivity contribution in [3.8, 4) is 0 Å². The molecule has 1 saturated heterocycles. The molecule has 0 spiro atoms. The summed E-state index contributed by atoms with van der Waals surface area (Å²) in [5, 5.41) is 2.93. The van der Waals surface area contributed by atoms with E-state index in [9.17, 15) is 9.18 Å². The maximum atomic E-state index is 13.0. The van der Waals surface area contributed by atoms with E-state index >= 15 is 0 Å². The molecule has 1 aliphatic heterocycles. The number of halogens is 1. The molecule has 112 valence electrons. The van der Waals surface area contributed by atoms with Gasteiger partial charge in [0, 0.05) is 16.5 Å². The second-order valence-electron chi connectivity index (χ2n) is 7.27. The molecule has 21 heavy (non-hydrogen) atoms. The van der Waals surface area contributed by atoms with Gasteiger partial charge in [0.05, 0.1) is 6.61 Å². The van der Waals surface area contributed by atoms with Crippen molar-refractivity contribution in [2.75, 3.05) is 11.9 Å². The van der Waals surface area contributed by atoms with Gasteiger partial charge in [-0.1, -0.05) is 13.8 Å². The Morgan fingerprint density at radius 3 is 2.67 bits per heavy atom. The van der Waals surface area contributed by atoms with Crippen LogP contribution in [-0.4, -0.2) is 18.1 Å². The van der Waals surface area contributed by atoms with Crippen LogP contribution in [0.2, 0.25) is 0 Å². The van der Waals surface area contributed by atoms with Crippen molar-refractivity contribution in [1.82, 2.24) is 0 Å². The zero-order valence-corrected chi connectivity index (χ0v) is 12.4. The first-order chi connectivity index (χ1) is 9.91. The predicted octanol–water partition coefficient (Wildman–Crippen LogP) is 3.36. The molecular weight excluding hydrogens is 269 g/mol. The molecule has 3 nitrogen and oxygen atoms in total. The number of carbonyl (C=O) groups excluding carboxylic acids is 1. The van der Waals surface area contributed by atoms with Gasteiger partial charge in [0.2, 0.25) is 0 Å². The SMILES string of the molecule is C[C@@]12CC[C@H]3C[C@@]1(C(=O)Nc1ccc(F)cc1)OC[C@@]32C. The van der Waals surface area contributed by atoms with Gasteiger partial charge in [-0.3, -0.25) is 4.79 Å². The standard InChI is InChI=1S/C17H20FNO2/c1-15-10-21-17(9-11(15)7-8-16(15,17)2)14(20)19-13-5-3-12(18)4-6-13/h3-6,11H,7-10H2,1-2H3,(H,19,20)/t11-,15-,16-,17-/m0/s1. The molecule has 1 aromatic carbocycles. The number of rotatable bonds is 2. The molecule has 3 fully saturated rings. The van der Waals surface area contributed by atoms with E-state index in [2.05, 4.69) is 19.2 Å². The van der Waals surface area contributed by atoms with E-state index in [1.165, 1.54) is 18.6 Å². The molecule has 0 unspecified atom stereocenters.